The maximum atomic E-state index is 11.4. The number of aromatic amines is 1. The zero-order chi connectivity index (χ0) is 26.8. The number of halogens is 1. The summed E-state index contributed by atoms with van der Waals surface area (Å²) in [6.45, 7) is 2.88. The van der Waals surface area contributed by atoms with Crippen LogP contribution in [0, 0.1) is 0 Å². The number of H-pyrrole nitrogens is 1. The fourth-order valence-corrected chi connectivity index (χ4v) is 5.14. The van der Waals surface area contributed by atoms with Gasteiger partial charge in [-0.15, -0.1) is 0 Å². The quantitative estimate of drug-likeness (QED) is 0.245. The average molecular weight is 545 g/mol. The molecule has 0 bridgehead atoms. The normalized spacial score (nSPS) is 14.6. The largest absolute Gasteiger partial charge is 0.484 e. The molecule has 6 rings (SSSR count). The van der Waals surface area contributed by atoms with Crippen LogP contribution in [0.5, 0.6) is 5.75 Å². The minimum absolute atomic E-state index is 0.0298. The number of carbonyl (C=O) groups is 1. The number of pyridine rings is 1. The van der Waals surface area contributed by atoms with Gasteiger partial charge in [0.1, 0.15) is 22.7 Å². The van der Waals surface area contributed by atoms with Crippen molar-refractivity contribution in [1.82, 2.24) is 25.2 Å². The van der Waals surface area contributed by atoms with Gasteiger partial charge in [0.25, 0.3) is 5.91 Å². The Kier molecular flexibility index (Phi) is 7.08. The molecule has 1 fully saturated rings. The van der Waals surface area contributed by atoms with Crippen LogP contribution < -0.4 is 15.4 Å². The van der Waals surface area contributed by atoms with Crippen molar-refractivity contribution in [3.05, 3.63) is 71.6 Å². The van der Waals surface area contributed by atoms with E-state index in [4.69, 9.17) is 25.7 Å². The number of amides is 1. The maximum absolute atomic E-state index is 11.4. The van der Waals surface area contributed by atoms with Gasteiger partial charge >= 0.3 is 0 Å². The fourth-order valence-electron chi connectivity index (χ4n) is 4.95. The molecule has 0 aliphatic carbocycles. The van der Waals surface area contributed by atoms with E-state index < -0.39 is 0 Å². The molecule has 0 unspecified atom stereocenters. The fraction of sp³-hybridized carbons (Fsp3) is 0.276. The van der Waals surface area contributed by atoms with E-state index >= 15 is 0 Å². The van der Waals surface area contributed by atoms with Crippen LogP contribution in [0.25, 0.3) is 33.5 Å². The number of likely N-dealkylation sites (N-methyl/N-ethyl adjacent to an activating group) is 1. The molecule has 1 aliphatic heterocycles. The van der Waals surface area contributed by atoms with E-state index in [2.05, 4.69) is 37.6 Å². The predicted octanol–water partition coefficient (Wildman–Crippen LogP) is 5.23. The SMILES string of the molecule is CNC(=O)COc1ccc(-c2nc3c(NC4CCN(Cc5ccc6occc6c5)CC4)c(Cl)cnc3[nH]2)cc1. The van der Waals surface area contributed by atoms with Crippen molar-refractivity contribution >= 4 is 45.3 Å². The topological polar surface area (TPSA) is 108 Å². The molecule has 10 heteroatoms. The Hall–Kier alpha value is -4.08. The molecule has 0 spiro atoms. The van der Waals surface area contributed by atoms with Crippen LogP contribution in [0.1, 0.15) is 18.4 Å². The number of rotatable bonds is 8. The van der Waals surface area contributed by atoms with Crippen LogP contribution in [0.2, 0.25) is 5.02 Å². The molecule has 200 valence electrons. The summed E-state index contributed by atoms with van der Waals surface area (Å²) < 4.78 is 11.0. The van der Waals surface area contributed by atoms with Gasteiger partial charge in [-0.25, -0.2) is 9.97 Å². The molecular formula is C29H29ClN6O3. The Balaban J connectivity index is 1.11. The van der Waals surface area contributed by atoms with Crippen LogP contribution >= 0.6 is 11.6 Å². The number of carbonyl (C=O) groups excluding carboxylic acids is 1. The highest BCUT2D eigenvalue weighted by Gasteiger charge is 2.22. The second-order valence-corrected chi connectivity index (χ2v) is 10.1. The second-order valence-electron chi connectivity index (χ2n) is 9.74. The van der Waals surface area contributed by atoms with E-state index in [1.807, 2.05) is 36.4 Å². The molecule has 1 saturated heterocycles. The minimum atomic E-state index is -0.183. The Morgan fingerprint density at radius 3 is 2.79 bits per heavy atom. The van der Waals surface area contributed by atoms with Crippen molar-refractivity contribution in [3.63, 3.8) is 0 Å². The summed E-state index contributed by atoms with van der Waals surface area (Å²) in [5.41, 5.74) is 5.29. The van der Waals surface area contributed by atoms with E-state index in [1.54, 1.807) is 19.5 Å². The molecule has 4 heterocycles. The average Bonchev–Trinajstić information content (AvgIpc) is 3.62. The Bertz CT molecular complexity index is 1600. The monoisotopic (exact) mass is 544 g/mol. The van der Waals surface area contributed by atoms with Crippen molar-refractivity contribution in [2.24, 2.45) is 0 Å². The van der Waals surface area contributed by atoms with Crippen LogP contribution in [-0.2, 0) is 11.3 Å². The first kappa shape index (κ1) is 25.2. The third-order valence-electron chi connectivity index (χ3n) is 7.10. The van der Waals surface area contributed by atoms with E-state index in [0.717, 1.165) is 54.7 Å². The van der Waals surface area contributed by atoms with Gasteiger partial charge in [-0.05, 0) is 60.9 Å². The van der Waals surface area contributed by atoms with Gasteiger partial charge in [-0.1, -0.05) is 17.7 Å². The lowest BCUT2D eigenvalue weighted by atomic mass is 10.0. The highest BCUT2D eigenvalue weighted by atomic mass is 35.5. The van der Waals surface area contributed by atoms with E-state index in [9.17, 15) is 4.79 Å². The third-order valence-corrected chi connectivity index (χ3v) is 7.39. The number of aromatic nitrogens is 3. The second kappa shape index (κ2) is 11.0. The van der Waals surface area contributed by atoms with Crippen molar-refractivity contribution in [2.45, 2.75) is 25.4 Å². The van der Waals surface area contributed by atoms with Gasteiger partial charge in [0.15, 0.2) is 12.3 Å². The van der Waals surface area contributed by atoms with Crippen molar-refractivity contribution in [2.75, 3.05) is 32.1 Å². The molecule has 0 radical (unpaired) electrons. The number of benzene rings is 2. The molecule has 3 N–H and O–H groups in total. The summed E-state index contributed by atoms with van der Waals surface area (Å²) in [5, 5.41) is 7.88. The van der Waals surface area contributed by atoms with Crippen molar-refractivity contribution in [1.29, 1.82) is 0 Å². The first-order valence-electron chi connectivity index (χ1n) is 13.0. The summed E-state index contributed by atoms with van der Waals surface area (Å²) in [7, 11) is 1.58. The molecule has 5 aromatic rings. The minimum Gasteiger partial charge on any atom is -0.484 e. The first-order valence-corrected chi connectivity index (χ1v) is 13.4. The Labute approximate surface area is 230 Å². The van der Waals surface area contributed by atoms with Gasteiger partial charge in [0, 0.05) is 43.7 Å². The molecule has 2 aromatic carbocycles. The van der Waals surface area contributed by atoms with Gasteiger partial charge in [-0.3, -0.25) is 9.69 Å². The third kappa shape index (κ3) is 5.55. The molecule has 0 atom stereocenters. The number of hydrogen-bond acceptors (Lipinski definition) is 7. The number of likely N-dealkylation sites (tertiary alicyclic amines) is 1. The standard InChI is InChI=1S/C29H29ClN6O3/c1-31-25(37)17-39-22-5-3-19(4-6-22)28-34-27-26(23(30)15-32-29(27)35-28)33-21-8-11-36(12-9-21)16-18-2-7-24-20(14-18)10-13-38-24/h2-7,10,13-15,21H,8-9,11-12,16-17H2,1H3,(H,31,37)(H2,32,33,34,35). The molecule has 3 aromatic heterocycles. The van der Waals surface area contributed by atoms with Crippen molar-refractivity contribution in [3.8, 4) is 17.1 Å². The van der Waals surface area contributed by atoms with E-state index in [-0.39, 0.29) is 18.6 Å². The molecular weight excluding hydrogens is 516 g/mol. The Morgan fingerprint density at radius 2 is 2.00 bits per heavy atom. The van der Waals surface area contributed by atoms with Crippen LogP contribution in [0.3, 0.4) is 0 Å². The van der Waals surface area contributed by atoms with E-state index in [1.165, 1.54) is 5.56 Å². The zero-order valence-corrected chi connectivity index (χ0v) is 22.3. The number of anilines is 1. The molecule has 1 aliphatic rings. The first-order chi connectivity index (χ1) is 19.1. The lowest BCUT2D eigenvalue weighted by Gasteiger charge is -2.33. The highest BCUT2D eigenvalue weighted by molar-refractivity contribution is 6.34. The van der Waals surface area contributed by atoms with Gasteiger partial charge in [-0.2, -0.15) is 0 Å². The summed E-state index contributed by atoms with van der Waals surface area (Å²) in [4.78, 5) is 26.5. The molecule has 0 saturated carbocycles. The summed E-state index contributed by atoms with van der Waals surface area (Å²) in [6, 6.07) is 16.1. The lowest BCUT2D eigenvalue weighted by Crippen LogP contribution is -2.38. The maximum Gasteiger partial charge on any atom is 0.257 e. The number of ether oxygens (including phenoxy) is 1. The number of furan rings is 1. The summed E-state index contributed by atoms with van der Waals surface area (Å²) >= 11 is 6.60. The van der Waals surface area contributed by atoms with Crippen LogP contribution in [0.4, 0.5) is 5.69 Å². The highest BCUT2D eigenvalue weighted by Crippen LogP contribution is 2.32. The summed E-state index contributed by atoms with van der Waals surface area (Å²) in [6.07, 6.45) is 5.40. The van der Waals surface area contributed by atoms with Gasteiger partial charge in [0.05, 0.1) is 23.2 Å². The lowest BCUT2D eigenvalue weighted by molar-refractivity contribution is -0.122. The van der Waals surface area contributed by atoms with Gasteiger partial charge < -0.3 is 24.8 Å². The van der Waals surface area contributed by atoms with Crippen molar-refractivity contribution < 1.29 is 13.9 Å². The summed E-state index contributed by atoms with van der Waals surface area (Å²) in [5.74, 6) is 1.11. The number of fused-ring (bicyclic) bond motifs is 2. The number of piperidine rings is 1. The number of imidazole rings is 1. The predicted molar refractivity (Wildman–Crippen MR) is 152 cm³/mol. The molecule has 39 heavy (non-hydrogen) atoms. The zero-order valence-electron chi connectivity index (χ0n) is 21.5. The smallest absolute Gasteiger partial charge is 0.257 e. The Morgan fingerprint density at radius 1 is 1.18 bits per heavy atom. The van der Waals surface area contributed by atoms with E-state index in [0.29, 0.717) is 27.8 Å². The number of hydrogen-bond donors (Lipinski definition) is 3. The van der Waals surface area contributed by atoms with Crippen LogP contribution in [0.15, 0.2) is 65.4 Å². The number of nitrogens with zero attached hydrogens (tertiary/aromatic N) is 3. The van der Waals surface area contributed by atoms with Gasteiger partial charge in [0.2, 0.25) is 0 Å². The molecule has 9 nitrogen and oxygen atoms in total. The molecule has 1 amide bonds. The van der Waals surface area contributed by atoms with Crippen LogP contribution in [-0.4, -0.2) is 58.5 Å². The number of nitrogens with one attached hydrogen (secondary N) is 3.